The minimum atomic E-state index is 1.10. The highest BCUT2D eigenvalue weighted by Crippen LogP contribution is 2.16. The molecule has 16 heavy (non-hydrogen) atoms. The molecule has 0 radical (unpaired) electrons. The molecule has 1 rings (SSSR count). The largest absolute Gasteiger partial charge is 0.320 e. The van der Waals surface area contributed by atoms with Gasteiger partial charge in [-0.1, -0.05) is 43.5 Å². The lowest BCUT2D eigenvalue weighted by Gasteiger charge is -2.06. The standard InChI is InChI=1S/C15H21N/c1-4-14-10-9-13(12-15(14)5-2)8-6-7-11-16-3/h4-5,9-10,12,16H,1-2,6-8,11H2,3H3. The van der Waals surface area contributed by atoms with E-state index in [9.17, 15) is 0 Å². The Hall–Kier alpha value is -1.34. The van der Waals surface area contributed by atoms with Crippen LogP contribution in [0.5, 0.6) is 0 Å². The number of aryl methyl sites for hydroxylation is 1. The average Bonchev–Trinajstić information content (AvgIpc) is 2.34. The maximum atomic E-state index is 3.83. The molecule has 1 aromatic carbocycles. The summed E-state index contributed by atoms with van der Waals surface area (Å²) in [5.41, 5.74) is 3.73. The third-order valence-electron chi connectivity index (χ3n) is 2.73. The molecule has 0 spiro atoms. The zero-order valence-electron chi connectivity index (χ0n) is 10.1. The molecule has 0 aliphatic heterocycles. The molecule has 0 unspecified atom stereocenters. The van der Waals surface area contributed by atoms with Gasteiger partial charge in [-0.15, -0.1) is 0 Å². The molecule has 0 aromatic heterocycles. The van der Waals surface area contributed by atoms with Crippen LogP contribution in [0.3, 0.4) is 0 Å². The van der Waals surface area contributed by atoms with E-state index in [1.165, 1.54) is 24.0 Å². The van der Waals surface area contributed by atoms with E-state index in [1.807, 2.05) is 19.2 Å². The Labute approximate surface area is 98.9 Å². The first-order valence-corrected chi connectivity index (χ1v) is 5.84. The van der Waals surface area contributed by atoms with Crippen LogP contribution < -0.4 is 5.32 Å². The molecule has 0 heterocycles. The van der Waals surface area contributed by atoms with E-state index in [0.717, 1.165) is 18.5 Å². The van der Waals surface area contributed by atoms with Gasteiger partial charge in [-0.25, -0.2) is 0 Å². The lowest BCUT2D eigenvalue weighted by molar-refractivity contribution is 0.677. The zero-order chi connectivity index (χ0) is 11.8. The highest BCUT2D eigenvalue weighted by molar-refractivity contribution is 5.64. The SMILES string of the molecule is C=Cc1ccc(CCCCNC)cc1C=C. The summed E-state index contributed by atoms with van der Waals surface area (Å²) in [6.45, 7) is 8.73. The molecule has 1 heteroatoms. The van der Waals surface area contributed by atoms with Crippen molar-refractivity contribution in [1.29, 1.82) is 0 Å². The van der Waals surface area contributed by atoms with E-state index in [0.29, 0.717) is 0 Å². The fraction of sp³-hybridized carbons (Fsp3) is 0.333. The first kappa shape index (κ1) is 12.7. The number of benzene rings is 1. The van der Waals surface area contributed by atoms with Crippen molar-refractivity contribution >= 4 is 12.2 Å². The van der Waals surface area contributed by atoms with E-state index < -0.39 is 0 Å². The maximum absolute atomic E-state index is 3.83. The Morgan fingerprint density at radius 3 is 2.50 bits per heavy atom. The first-order valence-electron chi connectivity index (χ1n) is 5.84. The topological polar surface area (TPSA) is 12.0 Å². The molecule has 0 atom stereocenters. The van der Waals surface area contributed by atoms with Crippen molar-refractivity contribution < 1.29 is 0 Å². The van der Waals surface area contributed by atoms with Crippen molar-refractivity contribution in [3.05, 3.63) is 48.0 Å². The Balaban J connectivity index is 2.60. The van der Waals surface area contributed by atoms with Crippen molar-refractivity contribution in [2.24, 2.45) is 0 Å². The summed E-state index contributed by atoms with van der Waals surface area (Å²) in [6.07, 6.45) is 7.36. The van der Waals surface area contributed by atoms with Gasteiger partial charge in [0, 0.05) is 0 Å². The minimum Gasteiger partial charge on any atom is -0.320 e. The third kappa shape index (κ3) is 3.67. The van der Waals surface area contributed by atoms with Crippen LogP contribution in [0.1, 0.15) is 29.5 Å². The molecule has 0 aliphatic rings. The number of hydrogen-bond donors (Lipinski definition) is 1. The molecule has 0 aliphatic carbocycles. The minimum absolute atomic E-state index is 1.10. The lowest BCUT2D eigenvalue weighted by atomic mass is 10.0. The molecule has 0 amide bonds. The Kier molecular flexibility index (Phi) is 5.58. The molecule has 1 nitrogen and oxygen atoms in total. The van der Waals surface area contributed by atoms with Gasteiger partial charge < -0.3 is 5.32 Å². The Bertz CT molecular complexity index is 352. The summed E-state index contributed by atoms with van der Waals surface area (Å²) >= 11 is 0. The van der Waals surface area contributed by atoms with Crippen LogP contribution in [-0.4, -0.2) is 13.6 Å². The van der Waals surface area contributed by atoms with Crippen molar-refractivity contribution in [3.63, 3.8) is 0 Å². The second-order valence-electron chi connectivity index (χ2n) is 3.93. The van der Waals surface area contributed by atoms with Crippen LogP contribution in [0.2, 0.25) is 0 Å². The van der Waals surface area contributed by atoms with Gasteiger partial charge >= 0.3 is 0 Å². The molecule has 1 N–H and O–H groups in total. The van der Waals surface area contributed by atoms with Crippen LogP contribution in [0.15, 0.2) is 31.4 Å². The van der Waals surface area contributed by atoms with E-state index in [2.05, 4.69) is 36.7 Å². The number of nitrogens with one attached hydrogen (secondary N) is 1. The molecular weight excluding hydrogens is 194 g/mol. The quantitative estimate of drug-likeness (QED) is 0.686. The summed E-state index contributed by atoms with van der Waals surface area (Å²) < 4.78 is 0. The van der Waals surface area contributed by atoms with Crippen LogP contribution >= 0.6 is 0 Å². The van der Waals surface area contributed by atoms with Crippen LogP contribution in [0, 0.1) is 0 Å². The second-order valence-corrected chi connectivity index (χ2v) is 3.93. The summed E-state index contributed by atoms with van der Waals surface area (Å²) in [4.78, 5) is 0. The second kappa shape index (κ2) is 7.02. The van der Waals surface area contributed by atoms with Crippen molar-refractivity contribution in [1.82, 2.24) is 5.32 Å². The zero-order valence-corrected chi connectivity index (χ0v) is 10.1. The van der Waals surface area contributed by atoms with Gasteiger partial charge in [-0.2, -0.15) is 0 Å². The maximum Gasteiger partial charge on any atom is -0.00518 e. The Morgan fingerprint density at radius 1 is 1.12 bits per heavy atom. The van der Waals surface area contributed by atoms with Crippen molar-refractivity contribution in [2.45, 2.75) is 19.3 Å². The lowest BCUT2D eigenvalue weighted by Crippen LogP contribution is -2.07. The third-order valence-corrected chi connectivity index (χ3v) is 2.73. The van der Waals surface area contributed by atoms with Gasteiger partial charge in [0.15, 0.2) is 0 Å². The molecular formula is C15H21N. The highest BCUT2D eigenvalue weighted by Gasteiger charge is 1.98. The van der Waals surface area contributed by atoms with E-state index in [4.69, 9.17) is 0 Å². The monoisotopic (exact) mass is 215 g/mol. The Morgan fingerprint density at radius 2 is 1.88 bits per heavy atom. The molecule has 1 aromatic rings. The summed E-state index contributed by atoms with van der Waals surface area (Å²) in [6, 6.07) is 6.52. The molecule has 0 bridgehead atoms. The molecule has 0 fully saturated rings. The van der Waals surface area contributed by atoms with Crippen molar-refractivity contribution in [3.8, 4) is 0 Å². The highest BCUT2D eigenvalue weighted by atomic mass is 14.8. The summed E-state index contributed by atoms with van der Waals surface area (Å²) in [5.74, 6) is 0. The summed E-state index contributed by atoms with van der Waals surface area (Å²) in [5, 5.41) is 3.17. The fourth-order valence-corrected chi connectivity index (χ4v) is 1.77. The van der Waals surface area contributed by atoms with Gasteiger partial charge in [0.2, 0.25) is 0 Å². The normalized spacial score (nSPS) is 10.1. The number of hydrogen-bond acceptors (Lipinski definition) is 1. The van der Waals surface area contributed by atoms with Gasteiger partial charge in [0.25, 0.3) is 0 Å². The van der Waals surface area contributed by atoms with Crippen LogP contribution in [-0.2, 0) is 6.42 Å². The van der Waals surface area contributed by atoms with Gasteiger partial charge in [0.05, 0.1) is 0 Å². The molecule has 0 saturated heterocycles. The van der Waals surface area contributed by atoms with E-state index in [-0.39, 0.29) is 0 Å². The van der Waals surface area contributed by atoms with Crippen LogP contribution in [0.25, 0.3) is 12.2 Å². The van der Waals surface area contributed by atoms with E-state index in [1.54, 1.807) is 0 Å². The first-order chi connectivity index (χ1) is 7.81. The predicted octanol–water partition coefficient (Wildman–Crippen LogP) is 3.51. The van der Waals surface area contributed by atoms with Gasteiger partial charge in [-0.05, 0) is 49.5 Å². The summed E-state index contributed by atoms with van der Waals surface area (Å²) in [7, 11) is 1.99. The fourth-order valence-electron chi connectivity index (χ4n) is 1.77. The number of unbranched alkanes of at least 4 members (excludes halogenated alkanes) is 1. The average molecular weight is 215 g/mol. The van der Waals surface area contributed by atoms with Gasteiger partial charge in [0.1, 0.15) is 0 Å². The smallest absolute Gasteiger partial charge is 0.00518 e. The van der Waals surface area contributed by atoms with E-state index >= 15 is 0 Å². The predicted molar refractivity (Wildman–Crippen MR) is 73.5 cm³/mol. The molecule has 86 valence electrons. The van der Waals surface area contributed by atoms with Crippen LogP contribution in [0.4, 0.5) is 0 Å². The van der Waals surface area contributed by atoms with Crippen molar-refractivity contribution in [2.75, 3.05) is 13.6 Å². The molecule has 0 saturated carbocycles. The number of rotatable bonds is 7. The van der Waals surface area contributed by atoms with Gasteiger partial charge in [-0.3, -0.25) is 0 Å².